The first-order chi connectivity index (χ1) is 5.64. The predicted molar refractivity (Wildman–Crippen MR) is 47.4 cm³/mol. The second kappa shape index (κ2) is 3.60. The van der Waals surface area contributed by atoms with Crippen LogP contribution in [0.4, 0.5) is 0 Å². The number of rotatable bonds is 3. The minimum atomic E-state index is -0.401. The third-order valence-corrected chi connectivity index (χ3v) is 1.65. The van der Waals surface area contributed by atoms with E-state index in [0.717, 1.165) is 5.82 Å². The van der Waals surface area contributed by atoms with Crippen molar-refractivity contribution in [3.05, 3.63) is 24.3 Å². The Hall–Kier alpha value is -1.00. The Morgan fingerprint density at radius 3 is 2.50 bits per heavy atom. The number of hydrogen-bond acceptors (Lipinski definition) is 4. The Labute approximate surface area is 72.0 Å². The van der Waals surface area contributed by atoms with Crippen molar-refractivity contribution >= 4 is 0 Å². The van der Waals surface area contributed by atoms with E-state index in [-0.39, 0.29) is 0 Å². The van der Waals surface area contributed by atoms with Crippen molar-refractivity contribution in [2.24, 2.45) is 11.5 Å². The van der Waals surface area contributed by atoms with Crippen molar-refractivity contribution in [3.8, 4) is 0 Å². The maximum Gasteiger partial charge on any atom is 0.130 e. The molecule has 4 N–H and O–H groups in total. The highest BCUT2D eigenvalue weighted by molar-refractivity contribution is 4.96. The van der Waals surface area contributed by atoms with Crippen LogP contribution < -0.4 is 11.5 Å². The molecule has 4 heteroatoms. The summed E-state index contributed by atoms with van der Waals surface area (Å²) in [5.41, 5.74) is 10.9. The fourth-order valence-electron chi connectivity index (χ4n) is 0.855. The van der Waals surface area contributed by atoms with Gasteiger partial charge in [0.05, 0.1) is 0 Å². The van der Waals surface area contributed by atoms with E-state index in [1.807, 2.05) is 6.92 Å². The van der Waals surface area contributed by atoms with E-state index in [4.69, 9.17) is 11.5 Å². The molecule has 0 spiro atoms. The van der Waals surface area contributed by atoms with Crippen molar-refractivity contribution < 1.29 is 0 Å². The molecule has 0 aromatic carbocycles. The molecule has 0 aliphatic carbocycles. The van der Waals surface area contributed by atoms with Gasteiger partial charge in [0.25, 0.3) is 0 Å². The molecule has 1 atom stereocenters. The summed E-state index contributed by atoms with van der Waals surface area (Å²) in [6.45, 7) is 2.33. The fraction of sp³-hybridized carbons (Fsp3) is 0.500. The average molecular weight is 166 g/mol. The zero-order valence-electron chi connectivity index (χ0n) is 7.20. The molecular formula is C8H14N4. The maximum absolute atomic E-state index is 5.84. The van der Waals surface area contributed by atoms with Gasteiger partial charge in [0.15, 0.2) is 0 Å². The van der Waals surface area contributed by atoms with Gasteiger partial charge in [0, 0.05) is 30.9 Å². The summed E-state index contributed by atoms with van der Waals surface area (Å²) in [5, 5.41) is 0. The lowest BCUT2D eigenvalue weighted by Crippen LogP contribution is -2.46. The normalized spacial score (nSPS) is 15.6. The lowest BCUT2D eigenvalue weighted by Gasteiger charge is -2.20. The Kier molecular flexibility index (Phi) is 2.73. The second-order valence-electron chi connectivity index (χ2n) is 3.20. The SMILES string of the molecule is CC(N)(CN)Cc1ncccn1. The Morgan fingerprint density at radius 1 is 1.42 bits per heavy atom. The van der Waals surface area contributed by atoms with Crippen LogP contribution in [0.15, 0.2) is 18.5 Å². The van der Waals surface area contributed by atoms with Gasteiger partial charge in [0.1, 0.15) is 5.82 Å². The minimum absolute atomic E-state index is 0.401. The molecule has 1 rings (SSSR count). The maximum atomic E-state index is 5.84. The third-order valence-electron chi connectivity index (χ3n) is 1.65. The van der Waals surface area contributed by atoms with E-state index in [9.17, 15) is 0 Å². The quantitative estimate of drug-likeness (QED) is 0.646. The number of hydrogen-bond donors (Lipinski definition) is 2. The highest BCUT2D eigenvalue weighted by Gasteiger charge is 2.17. The zero-order valence-corrected chi connectivity index (χ0v) is 7.20. The van der Waals surface area contributed by atoms with E-state index >= 15 is 0 Å². The first-order valence-electron chi connectivity index (χ1n) is 3.89. The summed E-state index contributed by atoms with van der Waals surface area (Å²) in [6.07, 6.45) is 4.02. The molecule has 0 radical (unpaired) electrons. The van der Waals surface area contributed by atoms with Crippen molar-refractivity contribution in [1.82, 2.24) is 9.97 Å². The largest absolute Gasteiger partial charge is 0.329 e. The Balaban J connectivity index is 2.64. The topological polar surface area (TPSA) is 77.8 Å². The van der Waals surface area contributed by atoms with E-state index in [0.29, 0.717) is 13.0 Å². The van der Waals surface area contributed by atoms with Crippen LogP contribution in [0.25, 0.3) is 0 Å². The zero-order chi connectivity index (χ0) is 9.03. The van der Waals surface area contributed by atoms with Crippen LogP contribution in [0.1, 0.15) is 12.7 Å². The van der Waals surface area contributed by atoms with E-state index < -0.39 is 5.54 Å². The molecular weight excluding hydrogens is 152 g/mol. The van der Waals surface area contributed by atoms with Crippen molar-refractivity contribution in [3.63, 3.8) is 0 Å². The summed E-state index contributed by atoms with van der Waals surface area (Å²) >= 11 is 0. The van der Waals surface area contributed by atoms with E-state index in [1.54, 1.807) is 18.5 Å². The summed E-state index contributed by atoms with van der Waals surface area (Å²) in [7, 11) is 0. The first-order valence-corrected chi connectivity index (χ1v) is 3.89. The standard InChI is InChI=1S/C8H14N4/c1-8(10,6-9)5-7-11-3-2-4-12-7/h2-4H,5-6,9-10H2,1H3. The summed E-state index contributed by atoms with van der Waals surface area (Å²) < 4.78 is 0. The van der Waals surface area contributed by atoms with Crippen LogP contribution in [-0.2, 0) is 6.42 Å². The van der Waals surface area contributed by atoms with Gasteiger partial charge in [-0.1, -0.05) is 0 Å². The van der Waals surface area contributed by atoms with Gasteiger partial charge in [-0.05, 0) is 13.0 Å². The molecule has 0 fully saturated rings. The second-order valence-corrected chi connectivity index (χ2v) is 3.20. The number of nitrogens with zero attached hydrogens (tertiary/aromatic N) is 2. The number of nitrogens with two attached hydrogens (primary N) is 2. The fourth-order valence-corrected chi connectivity index (χ4v) is 0.855. The van der Waals surface area contributed by atoms with Crippen LogP contribution in [0.2, 0.25) is 0 Å². The van der Waals surface area contributed by atoms with Crippen LogP contribution >= 0.6 is 0 Å². The lowest BCUT2D eigenvalue weighted by molar-refractivity contribution is 0.466. The lowest BCUT2D eigenvalue weighted by atomic mass is 9.99. The molecule has 1 heterocycles. The van der Waals surface area contributed by atoms with Crippen LogP contribution in [0, 0.1) is 0 Å². The molecule has 0 amide bonds. The molecule has 12 heavy (non-hydrogen) atoms. The van der Waals surface area contributed by atoms with Crippen molar-refractivity contribution in [2.75, 3.05) is 6.54 Å². The van der Waals surface area contributed by atoms with Gasteiger partial charge in [-0.3, -0.25) is 0 Å². The Bertz CT molecular complexity index is 232. The predicted octanol–water partition coefficient (Wildman–Crippen LogP) is -0.305. The molecule has 1 aromatic rings. The molecule has 1 unspecified atom stereocenters. The first kappa shape index (κ1) is 9.09. The van der Waals surface area contributed by atoms with Crippen LogP contribution in [-0.4, -0.2) is 22.1 Å². The van der Waals surface area contributed by atoms with Gasteiger partial charge in [-0.25, -0.2) is 9.97 Å². The molecule has 0 aliphatic heterocycles. The van der Waals surface area contributed by atoms with Crippen molar-refractivity contribution in [1.29, 1.82) is 0 Å². The minimum Gasteiger partial charge on any atom is -0.329 e. The Morgan fingerprint density at radius 2 is 2.00 bits per heavy atom. The molecule has 1 aromatic heterocycles. The van der Waals surface area contributed by atoms with Gasteiger partial charge < -0.3 is 11.5 Å². The molecule has 66 valence electrons. The number of aromatic nitrogens is 2. The van der Waals surface area contributed by atoms with E-state index in [2.05, 4.69) is 9.97 Å². The summed E-state index contributed by atoms with van der Waals surface area (Å²) in [5.74, 6) is 0.743. The van der Waals surface area contributed by atoms with E-state index in [1.165, 1.54) is 0 Å². The monoisotopic (exact) mass is 166 g/mol. The molecule has 0 saturated heterocycles. The van der Waals surface area contributed by atoms with Gasteiger partial charge in [-0.15, -0.1) is 0 Å². The average Bonchev–Trinajstić information content (AvgIpc) is 2.06. The highest BCUT2D eigenvalue weighted by atomic mass is 14.9. The van der Waals surface area contributed by atoms with Crippen molar-refractivity contribution in [2.45, 2.75) is 18.9 Å². The summed E-state index contributed by atoms with van der Waals surface area (Å²) in [4.78, 5) is 8.13. The molecule has 4 nitrogen and oxygen atoms in total. The summed E-state index contributed by atoms with van der Waals surface area (Å²) in [6, 6.07) is 1.78. The van der Waals surface area contributed by atoms with Gasteiger partial charge in [0.2, 0.25) is 0 Å². The smallest absolute Gasteiger partial charge is 0.130 e. The molecule has 0 bridgehead atoms. The molecule has 0 saturated carbocycles. The van der Waals surface area contributed by atoms with Gasteiger partial charge >= 0.3 is 0 Å². The van der Waals surface area contributed by atoms with Crippen LogP contribution in [0.5, 0.6) is 0 Å². The molecule has 0 aliphatic rings. The third kappa shape index (κ3) is 2.56. The van der Waals surface area contributed by atoms with Crippen LogP contribution in [0.3, 0.4) is 0 Å². The highest BCUT2D eigenvalue weighted by Crippen LogP contribution is 2.03. The van der Waals surface area contributed by atoms with Gasteiger partial charge in [-0.2, -0.15) is 0 Å².